The summed E-state index contributed by atoms with van der Waals surface area (Å²) in [6, 6.07) is -0.703. The van der Waals surface area contributed by atoms with Crippen LogP contribution in [0.25, 0.3) is 0 Å². The molecule has 3 amide bonds. The summed E-state index contributed by atoms with van der Waals surface area (Å²) in [6.45, 7) is 9.67. The Kier molecular flexibility index (Phi) is 8.72. The molecule has 1 aliphatic carbocycles. The Labute approximate surface area is 163 Å². The van der Waals surface area contributed by atoms with Gasteiger partial charge in [0, 0.05) is 7.05 Å². The molecule has 0 bridgehead atoms. The van der Waals surface area contributed by atoms with E-state index in [9.17, 15) is 19.6 Å². The third kappa shape index (κ3) is 6.48. The second-order valence-corrected chi connectivity index (χ2v) is 9.20. The summed E-state index contributed by atoms with van der Waals surface area (Å²) in [5.41, 5.74) is 1.30. The molecule has 0 aromatic heterocycles. The average molecular weight is 384 g/mol. The standard InChI is InChI=1S/C20H37N3O4/c1-12(2)11-14(15(18(25)23-27)13-9-7-8-10-13)17(24)22-16(19(26)21-6)20(3,4)5/h12-16,27H,7-11H2,1-6H3,(H,21,26)(H,22,24)(H,23,25)/t14-,15+,16?/m1/s1. The fraction of sp³-hybridized carbons (Fsp3) is 0.850. The molecule has 156 valence electrons. The van der Waals surface area contributed by atoms with Crippen molar-refractivity contribution in [2.75, 3.05) is 7.05 Å². The molecule has 0 radical (unpaired) electrons. The van der Waals surface area contributed by atoms with Crippen LogP contribution in [-0.4, -0.2) is 36.0 Å². The minimum atomic E-state index is -0.703. The number of carbonyl (C=O) groups excluding carboxylic acids is 3. The zero-order valence-corrected chi connectivity index (χ0v) is 17.6. The van der Waals surface area contributed by atoms with Crippen molar-refractivity contribution in [3.63, 3.8) is 0 Å². The zero-order chi connectivity index (χ0) is 20.8. The van der Waals surface area contributed by atoms with Crippen LogP contribution in [0.1, 0.15) is 66.7 Å². The Morgan fingerprint density at radius 3 is 2.00 bits per heavy atom. The Balaban J connectivity index is 3.16. The zero-order valence-electron chi connectivity index (χ0n) is 17.6. The molecule has 0 spiro atoms. The van der Waals surface area contributed by atoms with E-state index in [4.69, 9.17) is 0 Å². The Morgan fingerprint density at radius 2 is 1.59 bits per heavy atom. The Hall–Kier alpha value is -1.63. The second-order valence-electron chi connectivity index (χ2n) is 9.20. The molecule has 0 heterocycles. The first-order chi connectivity index (χ1) is 12.5. The molecular formula is C20H37N3O4. The molecule has 0 aliphatic heterocycles. The molecule has 4 N–H and O–H groups in total. The molecule has 1 saturated carbocycles. The maximum atomic E-state index is 13.2. The lowest BCUT2D eigenvalue weighted by molar-refractivity contribution is -0.144. The topological polar surface area (TPSA) is 108 Å². The van der Waals surface area contributed by atoms with E-state index in [0.717, 1.165) is 25.7 Å². The normalized spacial score (nSPS) is 18.7. The van der Waals surface area contributed by atoms with Crippen molar-refractivity contribution in [1.29, 1.82) is 0 Å². The molecule has 27 heavy (non-hydrogen) atoms. The molecule has 7 nitrogen and oxygen atoms in total. The molecule has 0 aromatic carbocycles. The maximum absolute atomic E-state index is 13.2. The van der Waals surface area contributed by atoms with Gasteiger partial charge in [-0.1, -0.05) is 47.5 Å². The van der Waals surface area contributed by atoms with Crippen LogP contribution >= 0.6 is 0 Å². The summed E-state index contributed by atoms with van der Waals surface area (Å²) in [5, 5.41) is 14.8. The number of likely N-dealkylation sites (N-methyl/N-ethyl adjacent to an activating group) is 1. The van der Waals surface area contributed by atoms with E-state index in [1.54, 1.807) is 12.5 Å². The molecule has 7 heteroatoms. The summed E-state index contributed by atoms with van der Waals surface area (Å²) < 4.78 is 0. The lowest BCUT2D eigenvalue weighted by Gasteiger charge is -2.34. The SMILES string of the molecule is CNC(=O)C(NC(=O)[C@H](CC(C)C)[C@@H](C(=O)NO)C1CCCC1)C(C)(C)C. The van der Waals surface area contributed by atoms with Crippen LogP contribution in [0.2, 0.25) is 0 Å². The molecule has 1 fully saturated rings. The second kappa shape index (κ2) is 10.1. The van der Waals surface area contributed by atoms with E-state index in [-0.39, 0.29) is 23.7 Å². The fourth-order valence-electron chi connectivity index (χ4n) is 4.11. The number of hydrogen-bond acceptors (Lipinski definition) is 4. The third-order valence-electron chi connectivity index (χ3n) is 5.48. The van der Waals surface area contributed by atoms with Crippen LogP contribution in [0, 0.1) is 29.1 Å². The Bertz CT molecular complexity index is 522. The van der Waals surface area contributed by atoms with Crippen molar-refractivity contribution >= 4 is 17.7 Å². The van der Waals surface area contributed by atoms with Crippen LogP contribution in [0.5, 0.6) is 0 Å². The van der Waals surface area contributed by atoms with Crippen molar-refractivity contribution in [2.45, 2.75) is 72.8 Å². The molecule has 0 saturated heterocycles. The van der Waals surface area contributed by atoms with Gasteiger partial charge in [0.2, 0.25) is 17.7 Å². The van der Waals surface area contributed by atoms with Gasteiger partial charge < -0.3 is 10.6 Å². The van der Waals surface area contributed by atoms with Gasteiger partial charge in [-0.15, -0.1) is 0 Å². The molecule has 0 aromatic rings. The number of rotatable bonds is 8. The highest BCUT2D eigenvalue weighted by Crippen LogP contribution is 2.38. The van der Waals surface area contributed by atoms with Gasteiger partial charge in [0.25, 0.3) is 0 Å². The van der Waals surface area contributed by atoms with E-state index in [1.165, 1.54) is 0 Å². The van der Waals surface area contributed by atoms with Gasteiger partial charge in [-0.25, -0.2) is 5.48 Å². The van der Waals surface area contributed by atoms with Crippen molar-refractivity contribution in [3.05, 3.63) is 0 Å². The summed E-state index contributed by atoms with van der Waals surface area (Å²) in [5.74, 6) is -1.98. The number of amides is 3. The van der Waals surface area contributed by atoms with Crippen molar-refractivity contribution in [3.8, 4) is 0 Å². The largest absolute Gasteiger partial charge is 0.357 e. The smallest absolute Gasteiger partial charge is 0.247 e. The predicted octanol–water partition coefficient (Wildman–Crippen LogP) is 2.24. The number of hydrogen-bond donors (Lipinski definition) is 4. The van der Waals surface area contributed by atoms with Gasteiger partial charge in [-0.3, -0.25) is 19.6 Å². The van der Waals surface area contributed by atoms with Gasteiger partial charge in [-0.05, 0) is 36.5 Å². The van der Waals surface area contributed by atoms with Crippen LogP contribution in [0.3, 0.4) is 0 Å². The van der Waals surface area contributed by atoms with Crippen molar-refractivity contribution in [1.82, 2.24) is 16.1 Å². The van der Waals surface area contributed by atoms with Gasteiger partial charge in [0.1, 0.15) is 6.04 Å². The minimum Gasteiger partial charge on any atom is -0.357 e. The average Bonchev–Trinajstić information content (AvgIpc) is 3.10. The third-order valence-corrected chi connectivity index (χ3v) is 5.48. The first-order valence-corrected chi connectivity index (χ1v) is 9.98. The van der Waals surface area contributed by atoms with Gasteiger partial charge in [-0.2, -0.15) is 0 Å². The molecule has 1 aliphatic rings. The fourth-order valence-corrected chi connectivity index (χ4v) is 4.11. The maximum Gasteiger partial charge on any atom is 0.247 e. The summed E-state index contributed by atoms with van der Waals surface area (Å²) in [4.78, 5) is 38.0. The summed E-state index contributed by atoms with van der Waals surface area (Å²) >= 11 is 0. The van der Waals surface area contributed by atoms with Crippen molar-refractivity contribution in [2.24, 2.45) is 29.1 Å². The van der Waals surface area contributed by atoms with Crippen LogP contribution in [-0.2, 0) is 14.4 Å². The number of hydroxylamine groups is 1. The molecule has 3 atom stereocenters. The lowest BCUT2D eigenvalue weighted by Crippen LogP contribution is -2.56. The van der Waals surface area contributed by atoms with Gasteiger partial charge in [0.15, 0.2) is 0 Å². The monoisotopic (exact) mass is 383 g/mol. The van der Waals surface area contributed by atoms with Gasteiger partial charge >= 0.3 is 0 Å². The van der Waals surface area contributed by atoms with E-state index < -0.39 is 29.2 Å². The molecule has 1 rings (SSSR count). The quantitative estimate of drug-likeness (QED) is 0.381. The van der Waals surface area contributed by atoms with E-state index >= 15 is 0 Å². The summed E-state index contributed by atoms with van der Waals surface area (Å²) in [7, 11) is 1.54. The van der Waals surface area contributed by atoms with Crippen molar-refractivity contribution < 1.29 is 19.6 Å². The summed E-state index contributed by atoms with van der Waals surface area (Å²) in [6.07, 6.45) is 4.32. The van der Waals surface area contributed by atoms with Crippen LogP contribution < -0.4 is 16.1 Å². The molecular weight excluding hydrogens is 346 g/mol. The number of nitrogens with one attached hydrogen (secondary N) is 3. The van der Waals surface area contributed by atoms with E-state index in [1.807, 2.05) is 34.6 Å². The Morgan fingerprint density at radius 1 is 1.04 bits per heavy atom. The number of carbonyl (C=O) groups is 3. The highest BCUT2D eigenvalue weighted by molar-refractivity contribution is 5.91. The van der Waals surface area contributed by atoms with Gasteiger partial charge in [0.05, 0.1) is 11.8 Å². The van der Waals surface area contributed by atoms with E-state index in [2.05, 4.69) is 10.6 Å². The first-order valence-electron chi connectivity index (χ1n) is 9.98. The van der Waals surface area contributed by atoms with Crippen LogP contribution in [0.15, 0.2) is 0 Å². The van der Waals surface area contributed by atoms with Crippen LogP contribution in [0.4, 0.5) is 0 Å². The highest BCUT2D eigenvalue weighted by atomic mass is 16.5. The lowest BCUT2D eigenvalue weighted by atomic mass is 9.75. The minimum absolute atomic E-state index is 0.0692. The predicted molar refractivity (Wildman–Crippen MR) is 104 cm³/mol. The van der Waals surface area contributed by atoms with E-state index in [0.29, 0.717) is 6.42 Å². The molecule has 1 unspecified atom stereocenters. The highest BCUT2D eigenvalue weighted by Gasteiger charge is 2.42. The first kappa shape index (κ1) is 23.4.